The maximum Gasteiger partial charge on any atom is 0.318 e. The Labute approximate surface area is 146 Å². The summed E-state index contributed by atoms with van der Waals surface area (Å²) in [5.74, 6) is 1.49. The SMILES string of the molecule is COc1ccc(OCCNC(=O)N/C=C/c2cccc(Cl)c2)cc1. The molecule has 0 bridgehead atoms. The monoisotopic (exact) mass is 346 g/mol. The van der Waals surface area contributed by atoms with E-state index in [0.29, 0.717) is 18.2 Å². The average molecular weight is 347 g/mol. The number of carbonyl (C=O) groups excluding carboxylic acids is 1. The Bertz CT molecular complexity index is 687. The summed E-state index contributed by atoms with van der Waals surface area (Å²) >= 11 is 5.88. The molecule has 24 heavy (non-hydrogen) atoms. The van der Waals surface area contributed by atoms with Crippen LogP contribution in [0.2, 0.25) is 5.02 Å². The van der Waals surface area contributed by atoms with Crippen molar-refractivity contribution in [2.75, 3.05) is 20.3 Å². The van der Waals surface area contributed by atoms with Crippen molar-refractivity contribution in [1.82, 2.24) is 10.6 Å². The molecular formula is C18H19ClN2O3. The molecule has 126 valence electrons. The summed E-state index contributed by atoms with van der Waals surface area (Å²) in [5, 5.41) is 5.96. The molecule has 0 unspecified atom stereocenters. The lowest BCUT2D eigenvalue weighted by Crippen LogP contribution is -2.34. The quantitative estimate of drug-likeness (QED) is 0.751. The lowest BCUT2D eigenvalue weighted by atomic mass is 10.2. The number of amides is 2. The molecule has 2 amide bonds. The molecule has 0 atom stereocenters. The number of nitrogens with one attached hydrogen (secondary N) is 2. The van der Waals surface area contributed by atoms with Crippen molar-refractivity contribution in [3.8, 4) is 11.5 Å². The molecule has 0 heterocycles. The van der Waals surface area contributed by atoms with Crippen molar-refractivity contribution < 1.29 is 14.3 Å². The highest BCUT2D eigenvalue weighted by Gasteiger charge is 1.98. The predicted octanol–water partition coefficient (Wildman–Crippen LogP) is 3.70. The molecule has 5 nitrogen and oxygen atoms in total. The van der Waals surface area contributed by atoms with Crippen molar-refractivity contribution >= 4 is 23.7 Å². The van der Waals surface area contributed by atoms with E-state index >= 15 is 0 Å². The first kappa shape index (κ1) is 17.7. The third kappa shape index (κ3) is 6.22. The van der Waals surface area contributed by atoms with Gasteiger partial charge in [0.2, 0.25) is 0 Å². The van der Waals surface area contributed by atoms with Gasteiger partial charge in [-0.1, -0.05) is 23.7 Å². The third-order valence-electron chi connectivity index (χ3n) is 3.05. The van der Waals surface area contributed by atoms with Gasteiger partial charge in [0.1, 0.15) is 18.1 Å². The summed E-state index contributed by atoms with van der Waals surface area (Å²) < 4.78 is 10.6. The van der Waals surface area contributed by atoms with E-state index in [-0.39, 0.29) is 6.03 Å². The number of carbonyl (C=O) groups is 1. The standard InChI is InChI=1S/C18H19ClN2O3/c1-23-16-5-7-17(8-6-16)24-12-11-21-18(22)20-10-9-14-3-2-4-15(19)13-14/h2-10,13H,11-12H2,1H3,(H2,20,21,22)/b10-9+. The van der Waals surface area contributed by atoms with E-state index in [0.717, 1.165) is 17.1 Å². The van der Waals surface area contributed by atoms with E-state index in [2.05, 4.69) is 10.6 Å². The summed E-state index contributed by atoms with van der Waals surface area (Å²) in [6.45, 7) is 0.765. The third-order valence-corrected chi connectivity index (χ3v) is 3.29. The molecule has 6 heteroatoms. The van der Waals surface area contributed by atoms with Crippen molar-refractivity contribution in [2.45, 2.75) is 0 Å². The normalized spacial score (nSPS) is 10.4. The van der Waals surface area contributed by atoms with E-state index < -0.39 is 0 Å². The molecule has 2 rings (SSSR count). The van der Waals surface area contributed by atoms with E-state index in [4.69, 9.17) is 21.1 Å². The minimum atomic E-state index is -0.299. The summed E-state index contributed by atoms with van der Waals surface area (Å²) in [4.78, 5) is 11.6. The van der Waals surface area contributed by atoms with E-state index in [1.54, 1.807) is 31.5 Å². The van der Waals surface area contributed by atoms with Crippen molar-refractivity contribution in [1.29, 1.82) is 0 Å². The first-order valence-corrected chi connectivity index (χ1v) is 7.78. The number of benzene rings is 2. The van der Waals surface area contributed by atoms with Crippen LogP contribution in [-0.2, 0) is 0 Å². The lowest BCUT2D eigenvalue weighted by molar-refractivity contribution is 0.239. The van der Waals surface area contributed by atoms with Crippen LogP contribution in [0.25, 0.3) is 6.08 Å². The van der Waals surface area contributed by atoms with Gasteiger partial charge in [0.15, 0.2) is 0 Å². The van der Waals surface area contributed by atoms with Gasteiger partial charge >= 0.3 is 6.03 Å². The fraction of sp³-hybridized carbons (Fsp3) is 0.167. The zero-order valence-electron chi connectivity index (χ0n) is 13.3. The fourth-order valence-electron chi connectivity index (χ4n) is 1.88. The van der Waals surface area contributed by atoms with Crippen LogP contribution < -0.4 is 20.1 Å². The minimum Gasteiger partial charge on any atom is -0.497 e. The number of rotatable bonds is 7. The fourth-order valence-corrected chi connectivity index (χ4v) is 2.08. The van der Waals surface area contributed by atoms with E-state index in [1.165, 1.54) is 0 Å². The van der Waals surface area contributed by atoms with Crippen LogP contribution in [0.3, 0.4) is 0 Å². The number of ether oxygens (including phenoxy) is 2. The Morgan fingerprint density at radius 3 is 2.62 bits per heavy atom. The molecule has 0 saturated carbocycles. The highest BCUT2D eigenvalue weighted by Crippen LogP contribution is 2.16. The van der Waals surface area contributed by atoms with Gasteiger partial charge in [-0.15, -0.1) is 0 Å². The maximum atomic E-state index is 11.6. The van der Waals surface area contributed by atoms with Crippen LogP contribution in [0.15, 0.2) is 54.7 Å². The van der Waals surface area contributed by atoms with Gasteiger partial charge in [-0.05, 0) is 48.0 Å². The Kier molecular flexibility index (Phi) is 6.98. The highest BCUT2D eigenvalue weighted by atomic mass is 35.5. The maximum absolute atomic E-state index is 11.6. The van der Waals surface area contributed by atoms with Gasteiger partial charge in [-0.3, -0.25) is 0 Å². The average Bonchev–Trinajstić information content (AvgIpc) is 2.59. The molecule has 0 spiro atoms. The number of urea groups is 1. The summed E-state index contributed by atoms with van der Waals surface area (Å²) in [6, 6.07) is 14.3. The molecule has 2 aromatic rings. The molecular weight excluding hydrogens is 328 g/mol. The van der Waals surface area contributed by atoms with Crippen molar-refractivity contribution in [3.05, 3.63) is 65.3 Å². The predicted molar refractivity (Wildman–Crippen MR) is 95.5 cm³/mol. The molecule has 0 saturated heterocycles. The second-order valence-corrected chi connectivity index (χ2v) is 5.25. The molecule has 0 aliphatic rings. The van der Waals surface area contributed by atoms with Crippen LogP contribution in [0, 0.1) is 0 Å². The van der Waals surface area contributed by atoms with E-state index in [1.807, 2.05) is 36.4 Å². The lowest BCUT2D eigenvalue weighted by Gasteiger charge is -2.08. The van der Waals surface area contributed by atoms with Crippen molar-refractivity contribution in [3.63, 3.8) is 0 Å². The van der Waals surface area contributed by atoms with Gasteiger partial charge in [0, 0.05) is 11.2 Å². The zero-order valence-corrected chi connectivity index (χ0v) is 14.0. The van der Waals surface area contributed by atoms with Gasteiger partial charge in [0.05, 0.1) is 13.7 Å². The largest absolute Gasteiger partial charge is 0.497 e. The first-order valence-electron chi connectivity index (χ1n) is 7.41. The Balaban J connectivity index is 1.64. The van der Waals surface area contributed by atoms with Crippen LogP contribution in [0.1, 0.15) is 5.56 Å². The molecule has 0 aromatic heterocycles. The molecule has 0 aliphatic heterocycles. The first-order chi connectivity index (χ1) is 11.7. The number of hydrogen-bond acceptors (Lipinski definition) is 3. The molecule has 0 radical (unpaired) electrons. The Morgan fingerprint density at radius 2 is 1.92 bits per heavy atom. The zero-order chi connectivity index (χ0) is 17.2. The second kappa shape index (κ2) is 9.47. The number of hydrogen-bond donors (Lipinski definition) is 2. The van der Waals surface area contributed by atoms with Crippen molar-refractivity contribution in [2.24, 2.45) is 0 Å². The van der Waals surface area contributed by atoms with Crippen LogP contribution in [0.5, 0.6) is 11.5 Å². The summed E-state index contributed by atoms with van der Waals surface area (Å²) in [7, 11) is 1.61. The second-order valence-electron chi connectivity index (χ2n) is 4.81. The molecule has 2 N–H and O–H groups in total. The van der Waals surface area contributed by atoms with Gasteiger partial charge in [-0.2, -0.15) is 0 Å². The highest BCUT2D eigenvalue weighted by molar-refractivity contribution is 6.30. The van der Waals surface area contributed by atoms with Crippen LogP contribution in [0.4, 0.5) is 4.79 Å². The van der Waals surface area contributed by atoms with Gasteiger partial charge in [0.25, 0.3) is 0 Å². The summed E-state index contributed by atoms with van der Waals surface area (Å²) in [6.07, 6.45) is 3.32. The topological polar surface area (TPSA) is 59.6 Å². The van der Waals surface area contributed by atoms with Crippen LogP contribution in [-0.4, -0.2) is 26.3 Å². The Hall–Kier alpha value is -2.66. The van der Waals surface area contributed by atoms with E-state index in [9.17, 15) is 4.79 Å². The molecule has 2 aromatic carbocycles. The molecule has 0 fully saturated rings. The number of halogens is 1. The molecule has 0 aliphatic carbocycles. The van der Waals surface area contributed by atoms with Crippen LogP contribution >= 0.6 is 11.6 Å². The minimum absolute atomic E-state index is 0.299. The van der Waals surface area contributed by atoms with Gasteiger partial charge < -0.3 is 20.1 Å². The number of methoxy groups -OCH3 is 1. The van der Waals surface area contributed by atoms with Gasteiger partial charge in [-0.25, -0.2) is 4.79 Å². The smallest absolute Gasteiger partial charge is 0.318 e. The Morgan fingerprint density at radius 1 is 1.17 bits per heavy atom. The summed E-state index contributed by atoms with van der Waals surface area (Å²) in [5.41, 5.74) is 0.908.